The summed E-state index contributed by atoms with van der Waals surface area (Å²) in [6.45, 7) is 6.54. The number of halogens is 4. The summed E-state index contributed by atoms with van der Waals surface area (Å²) in [5, 5.41) is 9.87. The zero-order chi connectivity index (χ0) is 35.5. The molecule has 1 aliphatic heterocycles. The van der Waals surface area contributed by atoms with Gasteiger partial charge in [-0.1, -0.05) is 25.1 Å². The van der Waals surface area contributed by atoms with Crippen LogP contribution in [0.1, 0.15) is 79.8 Å². The summed E-state index contributed by atoms with van der Waals surface area (Å²) < 4.78 is 60.4. The standard InChI is InChI=1S/C36H39F4N5O4/c1-5-25-10-8-9-17-44(25)30-16-13-22(33(47)41-27-15-14-24(37)18-23(27)20-31(46)49-35(2,3)4)19-28(30)42-34(48)32-26-11-6-7-12-29(26)45(43-32)21-36(38,39)40/h6-7,11-16,18-19,25H,5,8-10,17,20-21H2,1-4H3,(H,41,47)(H,42,48). The number of anilines is 3. The van der Waals surface area contributed by atoms with Crippen molar-refractivity contribution >= 4 is 45.7 Å². The van der Waals surface area contributed by atoms with Crippen LogP contribution in [0.25, 0.3) is 10.9 Å². The van der Waals surface area contributed by atoms with Crippen LogP contribution in [-0.4, -0.2) is 51.9 Å². The molecular weight excluding hydrogens is 642 g/mol. The van der Waals surface area contributed by atoms with Crippen LogP contribution >= 0.6 is 0 Å². The highest BCUT2D eigenvalue weighted by Crippen LogP contribution is 2.35. The molecule has 2 N–H and O–H groups in total. The van der Waals surface area contributed by atoms with Gasteiger partial charge in [0, 0.05) is 29.2 Å². The Kier molecular flexibility index (Phi) is 10.3. The van der Waals surface area contributed by atoms with Crippen molar-refractivity contribution in [1.29, 1.82) is 0 Å². The first kappa shape index (κ1) is 35.4. The van der Waals surface area contributed by atoms with Gasteiger partial charge in [0.1, 0.15) is 18.0 Å². The minimum absolute atomic E-state index is 0.143. The van der Waals surface area contributed by atoms with Crippen molar-refractivity contribution in [3.63, 3.8) is 0 Å². The van der Waals surface area contributed by atoms with Crippen LogP contribution in [0.4, 0.5) is 34.6 Å². The Morgan fingerprint density at radius 1 is 0.939 bits per heavy atom. The molecule has 1 saturated heterocycles. The van der Waals surface area contributed by atoms with E-state index in [0.717, 1.165) is 42.5 Å². The highest BCUT2D eigenvalue weighted by Gasteiger charge is 2.31. The van der Waals surface area contributed by atoms with Crippen molar-refractivity contribution < 1.29 is 36.7 Å². The first-order chi connectivity index (χ1) is 23.1. The van der Waals surface area contributed by atoms with Gasteiger partial charge in [-0.2, -0.15) is 18.3 Å². The lowest BCUT2D eigenvalue weighted by atomic mass is 9.98. The van der Waals surface area contributed by atoms with Gasteiger partial charge in [-0.15, -0.1) is 0 Å². The number of nitrogens with zero attached hydrogens (tertiary/aromatic N) is 3. The Bertz CT molecular complexity index is 1860. The predicted octanol–water partition coefficient (Wildman–Crippen LogP) is 7.90. The van der Waals surface area contributed by atoms with Crippen molar-refractivity contribution in [3.8, 4) is 0 Å². The number of para-hydroxylation sites is 1. The van der Waals surface area contributed by atoms with Crippen molar-refractivity contribution in [1.82, 2.24) is 9.78 Å². The van der Waals surface area contributed by atoms with E-state index in [1.165, 1.54) is 24.3 Å². The SMILES string of the molecule is CCC1CCCCN1c1ccc(C(=O)Nc2ccc(F)cc2CC(=O)OC(C)(C)C)cc1NC(=O)c1nn(CC(F)(F)F)c2ccccc12. The molecule has 0 saturated carbocycles. The van der Waals surface area contributed by atoms with Crippen LogP contribution in [0.5, 0.6) is 0 Å². The van der Waals surface area contributed by atoms with Crippen molar-refractivity contribution in [2.75, 3.05) is 22.1 Å². The zero-order valence-corrected chi connectivity index (χ0v) is 27.8. The zero-order valence-electron chi connectivity index (χ0n) is 27.8. The van der Waals surface area contributed by atoms with E-state index in [0.29, 0.717) is 12.2 Å². The average molecular weight is 682 g/mol. The third-order valence-corrected chi connectivity index (χ3v) is 8.19. The summed E-state index contributed by atoms with van der Waals surface area (Å²) >= 11 is 0. The number of esters is 1. The van der Waals surface area contributed by atoms with E-state index in [-0.39, 0.29) is 51.6 Å². The first-order valence-corrected chi connectivity index (χ1v) is 16.2. The van der Waals surface area contributed by atoms with Gasteiger partial charge < -0.3 is 20.3 Å². The Morgan fingerprint density at radius 3 is 2.39 bits per heavy atom. The number of hydrogen-bond donors (Lipinski definition) is 2. The molecule has 1 atom stereocenters. The Morgan fingerprint density at radius 2 is 1.67 bits per heavy atom. The van der Waals surface area contributed by atoms with Gasteiger partial charge in [0.25, 0.3) is 11.8 Å². The molecule has 1 aromatic heterocycles. The molecule has 9 nitrogen and oxygen atoms in total. The maximum atomic E-state index is 14.2. The molecule has 1 aliphatic rings. The molecule has 0 bridgehead atoms. The van der Waals surface area contributed by atoms with Crippen molar-refractivity contribution in [3.05, 3.63) is 83.3 Å². The molecule has 0 spiro atoms. The van der Waals surface area contributed by atoms with Crippen LogP contribution in [0.3, 0.4) is 0 Å². The highest BCUT2D eigenvalue weighted by molar-refractivity contribution is 6.13. The van der Waals surface area contributed by atoms with Crippen LogP contribution in [0, 0.1) is 5.82 Å². The molecule has 1 unspecified atom stereocenters. The third kappa shape index (κ3) is 8.76. The number of piperidine rings is 1. The Balaban J connectivity index is 1.49. The normalized spacial score (nSPS) is 15.3. The van der Waals surface area contributed by atoms with E-state index in [9.17, 15) is 31.9 Å². The summed E-state index contributed by atoms with van der Waals surface area (Å²) in [5.74, 6) is -2.52. The number of carbonyl (C=O) groups is 3. The predicted molar refractivity (Wildman–Crippen MR) is 179 cm³/mol. The lowest BCUT2D eigenvalue weighted by Gasteiger charge is -2.38. The molecule has 4 aromatic rings. The first-order valence-electron chi connectivity index (χ1n) is 16.2. The van der Waals surface area contributed by atoms with Gasteiger partial charge in [0.15, 0.2) is 5.69 Å². The molecule has 3 aromatic carbocycles. The van der Waals surface area contributed by atoms with E-state index in [2.05, 4.69) is 27.6 Å². The molecule has 2 heterocycles. The summed E-state index contributed by atoms with van der Waals surface area (Å²) in [5.41, 5.74) is 0.701. The smallest absolute Gasteiger partial charge is 0.408 e. The summed E-state index contributed by atoms with van der Waals surface area (Å²) in [6, 6.07) is 14.8. The van der Waals surface area contributed by atoms with Gasteiger partial charge in [-0.3, -0.25) is 19.1 Å². The molecule has 260 valence electrons. The molecule has 2 amide bonds. The van der Waals surface area contributed by atoms with Gasteiger partial charge in [0.2, 0.25) is 0 Å². The number of aromatic nitrogens is 2. The van der Waals surface area contributed by atoms with Gasteiger partial charge in [0.05, 0.1) is 23.3 Å². The summed E-state index contributed by atoms with van der Waals surface area (Å²) in [6.07, 6.45) is -1.10. The van der Waals surface area contributed by atoms with E-state index in [4.69, 9.17) is 4.74 Å². The molecule has 0 aliphatic carbocycles. The van der Waals surface area contributed by atoms with E-state index >= 15 is 0 Å². The monoisotopic (exact) mass is 681 g/mol. The quantitative estimate of drug-likeness (QED) is 0.138. The van der Waals surface area contributed by atoms with E-state index < -0.39 is 41.9 Å². The number of benzene rings is 3. The van der Waals surface area contributed by atoms with Crippen LogP contribution in [-0.2, 0) is 22.5 Å². The number of rotatable bonds is 9. The topological polar surface area (TPSA) is 106 Å². The molecule has 5 rings (SSSR count). The lowest BCUT2D eigenvalue weighted by Crippen LogP contribution is -2.39. The number of fused-ring (bicyclic) bond motifs is 1. The Labute approximate surface area is 281 Å². The summed E-state index contributed by atoms with van der Waals surface area (Å²) in [7, 11) is 0. The third-order valence-electron chi connectivity index (χ3n) is 8.19. The highest BCUT2D eigenvalue weighted by atomic mass is 19.4. The summed E-state index contributed by atoms with van der Waals surface area (Å²) in [4.78, 5) is 42.1. The maximum absolute atomic E-state index is 14.2. The van der Waals surface area contributed by atoms with E-state index in [1.807, 2.05) is 0 Å². The van der Waals surface area contributed by atoms with Crippen LogP contribution < -0.4 is 15.5 Å². The molecule has 13 heteroatoms. The largest absolute Gasteiger partial charge is 0.460 e. The molecular formula is C36H39F4N5O4. The van der Waals surface area contributed by atoms with Crippen LogP contribution in [0.2, 0.25) is 0 Å². The number of alkyl halides is 3. The van der Waals surface area contributed by atoms with Gasteiger partial charge in [-0.25, -0.2) is 4.39 Å². The van der Waals surface area contributed by atoms with Crippen molar-refractivity contribution in [2.45, 2.75) is 84.2 Å². The van der Waals surface area contributed by atoms with Gasteiger partial charge >= 0.3 is 12.1 Å². The minimum Gasteiger partial charge on any atom is -0.460 e. The Hall–Kier alpha value is -4.94. The number of nitrogens with one attached hydrogen (secondary N) is 2. The number of hydrogen-bond acceptors (Lipinski definition) is 6. The lowest BCUT2D eigenvalue weighted by molar-refractivity contribution is -0.154. The fourth-order valence-corrected chi connectivity index (χ4v) is 6.10. The molecule has 1 fully saturated rings. The second kappa shape index (κ2) is 14.3. The molecule has 0 radical (unpaired) electrons. The molecule has 49 heavy (non-hydrogen) atoms. The fourth-order valence-electron chi connectivity index (χ4n) is 6.10. The second-order valence-corrected chi connectivity index (χ2v) is 13.1. The number of ether oxygens (including phenoxy) is 1. The maximum Gasteiger partial charge on any atom is 0.408 e. The van der Waals surface area contributed by atoms with E-state index in [1.54, 1.807) is 45.0 Å². The minimum atomic E-state index is -4.56. The number of carbonyl (C=O) groups excluding carboxylic acids is 3. The van der Waals surface area contributed by atoms with Crippen molar-refractivity contribution in [2.24, 2.45) is 0 Å². The second-order valence-electron chi connectivity index (χ2n) is 13.1. The average Bonchev–Trinajstić information content (AvgIpc) is 3.38. The number of amides is 2. The fraction of sp³-hybridized carbons (Fsp3) is 0.389. The van der Waals surface area contributed by atoms with Crippen LogP contribution in [0.15, 0.2) is 60.7 Å². The van der Waals surface area contributed by atoms with Gasteiger partial charge in [-0.05, 0) is 94.5 Å².